The zero-order valence-electron chi connectivity index (χ0n) is 8.32. The summed E-state index contributed by atoms with van der Waals surface area (Å²) in [4.78, 5) is 0. The molecule has 0 aliphatic rings. The minimum absolute atomic E-state index is 0.184. The van der Waals surface area contributed by atoms with Gasteiger partial charge in [0.05, 0.1) is 7.11 Å². The summed E-state index contributed by atoms with van der Waals surface area (Å²) >= 11 is 5.61. The van der Waals surface area contributed by atoms with Crippen molar-refractivity contribution in [3.8, 4) is 5.75 Å². The fourth-order valence-electron chi connectivity index (χ4n) is 1.33. The number of ether oxygens (including phenoxy) is 1. The first kappa shape index (κ1) is 12.2. The highest BCUT2D eigenvalue weighted by atomic mass is 35.5. The van der Waals surface area contributed by atoms with Crippen LogP contribution in [0.3, 0.4) is 0 Å². The van der Waals surface area contributed by atoms with Crippen LogP contribution in [0.5, 0.6) is 5.75 Å². The lowest BCUT2D eigenvalue weighted by Gasteiger charge is -2.11. The zero-order valence-corrected chi connectivity index (χ0v) is 9.07. The number of hydrogen-bond donors (Lipinski definition) is 1. The lowest BCUT2D eigenvalue weighted by molar-refractivity contribution is 0.400. The van der Waals surface area contributed by atoms with Crippen molar-refractivity contribution in [3.05, 3.63) is 28.3 Å². The zero-order chi connectivity index (χ0) is 11.4. The molecule has 0 fully saturated rings. The molecule has 2 N–H and O–H groups in total. The number of methoxy groups -OCH3 is 1. The third kappa shape index (κ3) is 2.58. The van der Waals surface area contributed by atoms with E-state index >= 15 is 0 Å². The Labute approximate surface area is 92.0 Å². The quantitative estimate of drug-likeness (QED) is 0.814. The summed E-state index contributed by atoms with van der Waals surface area (Å²) in [6.07, 6.45) is 1.17. The van der Waals surface area contributed by atoms with Gasteiger partial charge in [-0.15, -0.1) is 0 Å². The molecule has 2 nitrogen and oxygen atoms in total. The first-order chi connectivity index (χ1) is 7.11. The Balaban J connectivity index is 3.13. The molecule has 0 aliphatic carbocycles. The van der Waals surface area contributed by atoms with Crippen molar-refractivity contribution in [1.82, 2.24) is 0 Å². The molecule has 0 aromatic heterocycles. The van der Waals surface area contributed by atoms with E-state index in [1.807, 2.05) is 0 Å². The summed E-state index contributed by atoms with van der Waals surface area (Å²) in [7, 11) is 1.37. The van der Waals surface area contributed by atoms with Crippen LogP contribution in [-0.2, 0) is 6.42 Å². The molecule has 0 atom stereocenters. The summed E-state index contributed by atoms with van der Waals surface area (Å²) in [5.41, 5.74) is 5.87. The van der Waals surface area contributed by atoms with Crippen LogP contribution in [0.2, 0.25) is 5.02 Å². The minimum Gasteiger partial charge on any atom is -0.495 e. The van der Waals surface area contributed by atoms with E-state index in [1.54, 1.807) is 0 Å². The molecule has 1 aromatic carbocycles. The van der Waals surface area contributed by atoms with Crippen LogP contribution in [0.1, 0.15) is 12.0 Å². The van der Waals surface area contributed by atoms with Crippen LogP contribution in [0.4, 0.5) is 8.78 Å². The van der Waals surface area contributed by atoms with E-state index in [0.29, 0.717) is 24.9 Å². The molecular formula is C10H12ClF2NO. The molecule has 0 bridgehead atoms. The highest BCUT2D eigenvalue weighted by Crippen LogP contribution is 2.33. The van der Waals surface area contributed by atoms with Crippen molar-refractivity contribution < 1.29 is 13.5 Å². The SMILES string of the molecule is COc1c(CCCN)cc(F)c(F)c1Cl. The lowest BCUT2D eigenvalue weighted by Crippen LogP contribution is -2.03. The summed E-state index contributed by atoms with van der Waals surface area (Å²) in [5, 5.41) is -0.315. The Morgan fingerprint density at radius 2 is 2.13 bits per heavy atom. The third-order valence-electron chi connectivity index (χ3n) is 2.05. The molecule has 1 rings (SSSR count). The van der Waals surface area contributed by atoms with Crippen LogP contribution in [0.25, 0.3) is 0 Å². The van der Waals surface area contributed by atoms with E-state index in [1.165, 1.54) is 7.11 Å². The standard InChI is InChI=1S/C10H12ClF2NO/c1-15-10-6(3-2-4-14)5-7(12)9(13)8(10)11/h5H,2-4,14H2,1H3. The average Bonchev–Trinajstić information content (AvgIpc) is 2.23. The van der Waals surface area contributed by atoms with Crippen LogP contribution in [0.15, 0.2) is 6.07 Å². The predicted octanol–water partition coefficient (Wildman–Crippen LogP) is 2.52. The van der Waals surface area contributed by atoms with Gasteiger partial charge < -0.3 is 10.5 Å². The number of benzene rings is 1. The van der Waals surface area contributed by atoms with Gasteiger partial charge in [-0.25, -0.2) is 8.78 Å². The van der Waals surface area contributed by atoms with E-state index in [9.17, 15) is 8.78 Å². The van der Waals surface area contributed by atoms with Gasteiger partial charge >= 0.3 is 0 Å². The van der Waals surface area contributed by atoms with Gasteiger partial charge in [-0.3, -0.25) is 0 Å². The highest BCUT2D eigenvalue weighted by Gasteiger charge is 2.17. The third-order valence-corrected chi connectivity index (χ3v) is 2.39. The number of hydrogen-bond acceptors (Lipinski definition) is 2. The van der Waals surface area contributed by atoms with E-state index in [0.717, 1.165) is 6.07 Å². The van der Waals surface area contributed by atoms with E-state index in [-0.39, 0.29) is 10.8 Å². The van der Waals surface area contributed by atoms with Crippen LogP contribution >= 0.6 is 11.6 Å². The van der Waals surface area contributed by atoms with Gasteiger partial charge in [0.2, 0.25) is 0 Å². The molecule has 0 heterocycles. The normalized spacial score (nSPS) is 10.5. The van der Waals surface area contributed by atoms with Crippen LogP contribution in [0, 0.1) is 11.6 Å². The first-order valence-electron chi connectivity index (χ1n) is 4.52. The second-order valence-electron chi connectivity index (χ2n) is 3.07. The second-order valence-corrected chi connectivity index (χ2v) is 3.45. The number of halogens is 3. The Bertz CT molecular complexity index is 358. The number of nitrogens with two attached hydrogens (primary N) is 1. The number of rotatable bonds is 4. The van der Waals surface area contributed by atoms with Crippen molar-refractivity contribution >= 4 is 11.6 Å². The smallest absolute Gasteiger partial charge is 0.181 e. The molecule has 0 saturated heterocycles. The van der Waals surface area contributed by atoms with Gasteiger partial charge in [-0.1, -0.05) is 11.6 Å². The molecule has 0 radical (unpaired) electrons. The Hall–Kier alpha value is -0.870. The topological polar surface area (TPSA) is 35.2 Å². The number of aryl methyl sites for hydroxylation is 1. The van der Waals surface area contributed by atoms with Crippen molar-refractivity contribution in [2.45, 2.75) is 12.8 Å². The maximum absolute atomic E-state index is 13.1. The largest absolute Gasteiger partial charge is 0.495 e. The summed E-state index contributed by atoms with van der Waals surface area (Å²) in [5.74, 6) is -1.86. The molecule has 0 spiro atoms. The molecular weight excluding hydrogens is 224 g/mol. The van der Waals surface area contributed by atoms with Gasteiger partial charge in [-0.2, -0.15) is 0 Å². The van der Waals surface area contributed by atoms with Crippen molar-refractivity contribution in [2.75, 3.05) is 13.7 Å². The molecule has 0 unspecified atom stereocenters. The molecule has 15 heavy (non-hydrogen) atoms. The summed E-state index contributed by atoms with van der Waals surface area (Å²) < 4.78 is 31.0. The maximum Gasteiger partial charge on any atom is 0.181 e. The molecule has 5 heteroatoms. The average molecular weight is 236 g/mol. The van der Waals surface area contributed by atoms with E-state index in [4.69, 9.17) is 22.1 Å². The van der Waals surface area contributed by atoms with Crippen molar-refractivity contribution in [3.63, 3.8) is 0 Å². The fourth-order valence-corrected chi connectivity index (χ4v) is 1.62. The fraction of sp³-hybridized carbons (Fsp3) is 0.400. The van der Waals surface area contributed by atoms with Crippen molar-refractivity contribution in [2.24, 2.45) is 5.73 Å². The molecule has 0 amide bonds. The first-order valence-corrected chi connectivity index (χ1v) is 4.90. The van der Waals surface area contributed by atoms with Crippen LogP contribution < -0.4 is 10.5 Å². The maximum atomic E-state index is 13.1. The van der Waals surface area contributed by atoms with E-state index in [2.05, 4.69) is 0 Å². The lowest BCUT2D eigenvalue weighted by atomic mass is 10.1. The highest BCUT2D eigenvalue weighted by molar-refractivity contribution is 6.32. The summed E-state index contributed by atoms with van der Waals surface area (Å²) in [6, 6.07) is 1.09. The molecule has 84 valence electrons. The van der Waals surface area contributed by atoms with Gasteiger partial charge in [0.15, 0.2) is 11.6 Å². The van der Waals surface area contributed by atoms with Crippen molar-refractivity contribution in [1.29, 1.82) is 0 Å². The van der Waals surface area contributed by atoms with Gasteiger partial charge in [0.1, 0.15) is 10.8 Å². The molecule has 0 saturated carbocycles. The Morgan fingerprint density at radius 3 is 2.67 bits per heavy atom. The molecule has 1 aromatic rings. The minimum atomic E-state index is -1.08. The second kappa shape index (κ2) is 5.28. The van der Waals surface area contributed by atoms with Gasteiger partial charge in [0, 0.05) is 0 Å². The monoisotopic (exact) mass is 235 g/mol. The Kier molecular flexibility index (Phi) is 4.29. The van der Waals surface area contributed by atoms with Crippen LogP contribution in [-0.4, -0.2) is 13.7 Å². The Morgan fingerprint density at radius 1 is 1.47 bits per heavy atom. The van der Waals surface area contributed by atoms with Gasteiger partial charge in [0.25, 0.3) is 0 Å². The van der Waals surface area contributed by atoms with E-state index < -0.39 is 11.6 Å². The molecule has 0 aliphatic heterocycles. The van der Waals surface area contributed by atoms with Gasteiger partial charge in [-0.05, 0) is 31.0 Å². The predicted molar refractivity (Wildman–Crippen MR) is 55.3 cm³/mol. The summed E-state index contributed by atoms with van der Waals surface area (Å²) in [6.45, 7) is 0.472.